The van der Waals surface area contributed by atoms with E-state index in [0.29, 0.717) is 6.54 Å². The Hall–Kier alpha value is -2.24. The van der Waals surface area contributed by atoms with E-state index in [1.54, 1.807) is 19.2 Å². The molecule has 0 aliphatic rings. The van der Waals surface area contributed by atoms with Crippen molar-refractivity contribution in [2.75, 3.05) is 18.5 Å². The van der Waals surface area contributed by atoms with Crippen LogP contribution in [0.25, 0.3) is 0 Å². The van der Waals surface area contributed by atoms with Gasteiger partial charge in [-0.05, 0) is 44.0 Å². The molecule has 0 saturated heterocycles. The number of nitrogens with two attached hydrogens (primary N) is 1. The number of nitrogens with one attached hydrogen (secondary N) is 1. The molecule has 0 radical (unpaired) electrons. The number of guanidine groups is 1. The number of carbonyl (C=O) groups is 1. The van der Waals surface area contributed by atoms with E-state index in [2.05, 4.69) is 10.3 Å². The molecule has 4 N–H and O–H groups in total. The Morgan fingerprint density at radius 3 is 2.42 bits per heavy atom. The van der Waals surface area contributed by atoms with E-state index in [9.17, 15) is 9.90 Å². The van der Waals surface area contributed by atoms with Crippen molar-refractivity contribution in [2.45, 2.75) is 20.8 Å². The zero-order valence-corrected chi connectivity index (χ0v) is 11.7. The lowest BCUT2D eigenvalue weighted by atomic mass is 10.1. The molecule has 6 nitrogen and oxygen atoms in total. The first-order valence-corrected chi connectivity index (χ1v) is 6.01. The Kier molecular flexibility index (Phi) is 4.74. The smallest absolute Gasteiger partial charge is 0.328 e. The SMILES string of the molecule is CCN=C(N)NC(=O)N(C)c1c(C)cc(O)cc1C. The summed E-state index contributed by atoms with van der Waals surface area (Å²) < 4.78 is 0. The van der Waals surface area contributed by atoms with E-state index in [1.807, 2.05) is 20.8 Å². The maximum absolute atomic E-state index is 12.0. The molecular weight excluding hydrogens is 244 g/mol. The van der Waals surface area contributed by atoms with Crippen molar-refractivity contribution in [1.82, 2.24) is 5.32 Å². The number of aliphatic imine (C=N–C) groups is 1. The number of hydrogen-bond acceptors (Lipinski definition) is 3. The molecule has 0 aliphatic carbocycles. The first-order chi connectivity index (χ1) is 8.86. The summed E-state index contributed by atoms with van der Waals surface area (Å²) in [5.74, 6) is 0.271. The number of phenolic OH excluding ortho intramolecular Hbond substituents is 1. The van der Waals surface area contributed by atoms with Gasteiger partial charge in [-0.15, -0.1) is 0 Å². The largest absolute Gasteiger partial charge is 0.508 e. The molecule has 1 rings (SSSR count). The van der Waals surface area contributed by atoms with Gasteiger partial charge >= 0.3 is 6.03 Å². The van der Waals surface area contributed by atoms with Crippen molar-refractivity contribution < 1.29 is 9.90 Å². The average molecular weight is 264 g/mol. The van der Waals surface area contributed by atoms with Gasteiger partial charge in [-0.3, -0.25) is 15.2 Å². The Labute approximate surface area is 112 Å². The third-order valence-corrected chi connectivity index (χ3v) is 2.68. The van der Waals surface area contributed by atoms with Crippen LogP contribution in [0.5, 0.6) is 5.75 Å². The number of aromatic hydroxyl groups is 1. The first kappa shape index (κ1) is 14.8. The number of aryl methyl sites for hydroxylation is 2. The first-order valence-electron chi connectivity index (χ1n) is 6.01. The molecule has 0 heterocycles. The minimum atomic E-state index is -0.369. The standard InChI is InChI=1S/C13H20N4O2/c1-5-15-12(14)16-13(19)17(4)11-8(2)6-10(18)7-9(11)3/h6-7,18H,5H2,1-4H3,(H3,14,15,16,19). The predicted molar refractivity (Wildman–Crippen MR) is 76.7 cm³/mol. The van der Waals surface area contributed by atoms with Crippen LogP contribution in [0.2, 0.25) is 0 Å². The van der Waals surface area contributed by atoms with Crippen LogP contribution in [-0.2, 0) is 0 Å². The lowest BCUT2D eigenvalue weighted by molar-refractivity contribution is 0.251. The number of urea groups is 1. The monoisotopic (exact) mass is 264 g/mol. The molecule has 0 fully saturated rings. The van der Waals surface area contributed by atoms with Crippen molar-refractivity contribution in [3.8, 4) is 5.75 Å². The lowest BCUT2D eigenvalue weighted by Gasteiger charge is -2.22. The predicted octanol–water partition coefficient (Wildman–Crippen LogP) is 1.49. The molecule has 6 heteroatoms. The Bertz CT molecular complexity index is 488. The van der Waals surface area contributed by atoms with Crippen molar-refractivity contribution in [3.05, 3.63) is 23.3 Å². The molecule has 0 aliphatic heterocycles. The van der Waals surface area contributed by atoms with E-state index in [-0.39, 0.29) is 17.7 Å². The molecule has 2 amide bonds. The zero-order chi connectivity index (χ0) is 14.6. The zero-order valence-electron chi connectivity index (χ0n) is 11.7. The van der Waals surface area contributed by atoms with Crippen molar-refractivity contribution in [3.63, 3.8) is 0 Å². The molecule has 19 heavy (non-hydrogen) atoms. The summed E-state index contributed by atoms with van der Waals surface area (Å²) in [6.07, 6.45) is 0. The molecule has 0 atom stereocenters. The van der Waals surface area contributed by atoms with Crippen LogP contribution in [0.15, 0.2) is 17.1 Å². The van der Waals surface area contributed by atoms with E-state index in [4.69, 9.17) is 5.73 Å². The maximum Gasteiger partial charge on any atom is 0.328 e. The molecule has 0 aromatic heterocycles. The summed E-state index contributed by atoms with van der Waals surface area (Å²) in [6.45, 7) is 5.99. The van der Waals surface area contributed by atoms with Crippen LogP contribution >= 0.6 is 0 Å². The molecule has 1 aromatic carbocycles. The summed E-state index contributed by atoms with van der Waals surface area (Å²) >= 11 is 0. The number of nitrogens with zero attached hydrogens (tertiary/aromatic N) is 2. The quantitative estimate of drug-likeness (QED) is 0.558. The highest BCUT2D eigenvalue weighted by molar-refractivity contribution is 6.03. The number of rotatable bonds is 2. The van der Waals surface area contributed by atoms with Crippen LogP contribution in [0.3, 0.4) is 0 Å². The highest BCUT2D eigenvalue weighted by atomic mass is 16.3. The van der Waals surface area contributed by atoms with E-state index < -0.39 is 0 Å². The number of amides is 2. The minimum Gasteiger partial charge on any atom is -0.508 e. The fourth-order valence-corrected chi connectivity index (χ4v) is 1.97. The lowest BCUT2D eigenvalue weighted by Crippen LogP contribution is -2.44. The molecule has 1 aromatic rings. The summed E-state index contributed by atoms with van der Waals surface area (Å²) in [6, 6.07) is 2.84. The summed E-state index contributed by atoms with van der Waals surface area (Å²) in [5.41, 5.74) is 7.90. The van der Waals surface area contributed by atoms with Gasteiger partial charge in [-0.25, -0.2) is 4.79 Å². The summed E-state index contributed by atoms with van der Waals surface area (Å²) in [7, 11) is 1.64. The Morgan fingerprint density at radius 2 is 1.95 bits per heavy atom. The number of anilines is 1. The van der Waals surface area contributed by atoms with Crippen LogP contribution in [0, 0.1) is 13.8 Å². The Balaban J connectivity index is 2.98. The topological polar surface area (TPSA) is 90.9 Å². The Morgan fingerprint density at radius 1 is 1.42 bits per heavy atom. The molecule has 0 bridgehead atoms. The van der Waals surface area contributed by atoms with Gasteiger partial charge in [0.2, 0.25) is 0 Å². The van der Waals surface area contributed by atoms with Gasteiger partial charge in [0.15, 0.2) is 5.96 Å². The molecule has 0 spiro atoms. The molecule has 0 unspecified atom stereocenters. The van der Waals surface area contributed by atoms with Crippen LogP contribution in [0.1, 0.15) is 18.1 Å². The van der Waals surface area contributed by atoms with E-state index in [1.165, 1.54) is 4.90 Å². The van der Waals surface area contributed by atoms with Gasteiger partial charge in [-0.1, -0.05) is 0 Å². The molecule has 0 saturated carbocycles. The number of hydrogen-bond donors (Lipinski definition) is 3. The third kappa shape index (κ3) is 3.61. The van der Waals surface area contributed by atoms with Crippen LogP contribution in [0.4, 0.5) is 10.5 Å². The number of carbonyl (C=O) groups excluding carboxylic acids is 1. The van der Waals surface area contributed by atoms with Crippen molar-refractivity contribution in [1.29, 1.82) is 0 Å². The van der Waals surface area contributed by atoms with Gasteiger partial charge < -0.3 is 10.8 Å². The summed E-state index contributed by atoms with van der Waals surface area (Å²) in [4.78, 5) is 17.4. The van der Waals surface area contributed by atoms with Gasteiger partial charge in [0.1, 0.15) is 5.75 Å². The van der Waals surface area contributed by atoms with Gasteiger partial charge in [0.25, 0.3) is 0 Å². The second-order valence-corrected chi connectivity index (χ2v) is 4.28. The van der Waals surface area contributed by atoms with Crippen LogP contribution in [-0.4, -0.2) is 30.7 Å². The minimum absolute atomic E-state index is 0.0911. The van der Waals surface area contributed by atoms with Gasteiger partial charge in [0.05, 0.1) is 5.69 Å². The molecule has 104 valence electrons. The summed E-state index contributed by atoms with van der Waals surface area (Å²) in [5, 5.41) is 12.0. The average Bonchev–Trinajstić information content (AvgIpc) is 2.27. The van der Waals surface area contributed by atoms with Crippen molar-refractivity contribution in [2.24, 2.45) is 10.7 Å². The highest BCUT2D eigenvalue weighted by Gasteiger charge is 2.16. The van der Waals surface area contributed by atoms with Gasteiger partial charge in [-0.2, -0.15) is 0 Å². The fraction of sp³-hybridized carbons (Fsp3) is 0.385. The second-order valence-electron chi connectivity index (χ2n) is 4.28. The normalized spacial score (nSPS) is 11.3. The third-order valence-electron chi connectivity index (χ3n) is 2.68. The molecular formula is C13H20N4O2. The second kappa shape index (κ2) is 6.08. The van der Waals surface area contributed by atoms with Gasteiger partial charge in [0, 0.05) is 13.6 Å². The maximum atomic E-state index is 12.0. The van der Waals surface area contributed by atoms with E-state index in [0.717, 1.165) is 16.8 Å². The van der Waals surface area contributed by atoms with E-state index >= 15 is 0 Å². The number of benzene rings is 1. The van der Waals surface area contributed by atoms with Crippen LogP contribution < -0.4 is 16.0 Å². The highest BCUT2D eigenvalue weighted by Crippen LogP contribution is 2.28. The van der Waals surface area contributed by atoms with Crippen molar-refractivity contribution >= 4 is 17.7 Å². The fourth-order valence-electron chi connectivity index (χ4n) is 1.97. The number of phenols is 1.